The summed E-state index contributed by atoms with van der Waals surface area (Å²) in [6.45, 7) is 9.95. The van der Waals surface area contributed by atoms with E-state index < -0.39 is 0 Å². The highest BCUT2D eigenvalue weighted by Crippen LogP contribution is 2.15. The molecule has 0 saturated carbocycles. The van der Waals surface area contributed by atoms with Crippen LogP contribution in [0.3, 0.4) is 0 Å². The van der Waals surface area contributed by atoms with Crippen molar-refractivity contribution in [1.29, 1.82) is 0 Å². The lowest BCUT2D eigenvalue weighted by Crippen LogP contribution is -2.38. The van der Waals surface area contributed by atoms with Gasteiger partial charge in [0.15, 0.2) is 0 Å². The van der Waals surface area contributed by atoms with Gasteiger partial charge in [-0.05, 0) is 63.9 Å². The molecule has 1 atom stereocenters. The van der Waals surface area contributed by atoms with E-state index in [0.29, 0.717) is 0 Å². The Morgan fingerprint density at radius 3 is 2.94 bits per heavy atom. The molecule has 0 spiro atoms. The number of furan rings is 1. The van der Waals surface area contributed by atoms with Crippen LogP contribution in [0.15, 0.2) is 16.5 Å². The second-order valence-corrected chi connectivity index (χ2v) is 5.46. The lowest BCUT2D eigenvalue weighted by molar-refractivity contribution is 0.188. The summed E-state index contributed by atoms with van der Waals surface area (Å²) in [5, 5.41) is 3.50. The molecule has 0 amide bonds. The van der Waals surface area contributed by atoms with Crippen LogP contribution in [-0.4, -0.2) is 31.1 Å². The van der Waals surface area contributed by atoms with E-state index in [1.54, 1.807) is 0 Å². The highest BCUT2D eigenvalue weighted by molar-refractivity contribution is 5.05. The largest absolute Gasteiger partial charge is 0.465 e. The highest BCUT2D eigenvalue weighted by atomic mass is 16.3. The average molecular weight is 250 g/mol. The molecule has 0 bridgehead atoms. The Kier molecular flexibility index (Phi) is 5.26. The summed E-state index contributed by atoms with van der Waals surface area (Å²) in [5.74, 6) is 2.92. The van der Waals surface area contributed by atoms with Gasteiger partial charge in [0.2, 0.25) is 0 Å². The molecule has 3 heteroatoms. The van der Waals surface area contributed by atoms with Gasteiger partial charge in [-0.3, -0.25) is 4.90 Å². The lowest BCUT2D eigenvalue weighted by atomic mass is 9.99. The number of nitrogens with zero attached hydrogens (tertiary/aromatic N) is 1. The van der Waals surface area contributed by atoms with Crippen molar-refractivity contribution in [2.75, 3.05) is 26.2 Å². The topological polar surface area (TPSA) is 28.4 Å². The van der Waals surface area contributed by atoms with E-state index in [1.807, 2.05) is 6.92 Å². The summed E-state index contributed by atoms with van der Waals surface area (Å²) < 4.78 is 5.69. The molecular weight excluding hydrogens is 224 g/mol. The fraction of sp³-hybridized carbons (Fsp3) is 0.733. The van der Waals surface area contributed by atoms with Gasteiger partial charge in [-0.15, -0.1) is 0 Å². The van der Waals surface area contributed by atoms with Crippen molar-refractivity contribution in [3.05, 3.63) is 23.7 Å². The van der Waals surface area contributed by atoms with Crippen LogP contribution in [-0.2, 0) is 6.54 Å². The van der Waals surface area contributed by atoms with Crippen LogP contribution < -0.4 is 5.32 Å². The maximum atomic E-state index is 5.69. The summed E-state index contributed by atoms with van der Waals surface area (Å²) in [4.78, 5) is 2.54. The summed E-state index contributed by atoms with van der Waals surface area (Å²) in [7, 11) is 0. The fourth-order valence-corrected chi connectivity index (χ4v) is 2.79. The van der Waals surface area contributed by atoms with Crippen molar-refractivity contribution in [3.63, 3.8) is 0 Å². The normalized spacial score (nSPS) is 20.5. The van der Waals surface area contributed by atoms with E-state index in [4.69, 9.17) is 4.42 Å². The highest BCUT2D eigenvalue weighted by Gasteiger charge is 2.17. The maximum Gasteiger partial charge on any atom is 0.118 e. The van der Waals surface area contributed by atoms with Gasteiger partial charge in [0, 0.05) is 6.54 Å². The van der Waals surface area contributed by atoms with Crippen LogP contribution in [0.25, 0.3) is 0 Å². The smallest absolute Gasteiger partial charge is 0.118 e. The van der Waals surface area contributed by atoms with Gasteiger partial charge in [0.1, 0.15) is 11.5 Å². The molecule has 1 saturated heterocycles. The molecule has 18 heavy (non-hydrogen) atoms. The Balaban J connectivity index is 1.86. The Morgan fingerprint density at radius 1 is 1.44 bits per heavy atom. The van der Waals surface area contributed by atoms with Crippen molar-refractivity contribution in [2.24, 2.45) is 5.92 Å². The van der Waals surface area contributed by atoms with Gasteiger partial charge in [-0.2, -0.15) is 0 Å². The third-order valence-corrected chi connectivity index (χ3v) is 3.63. The number of hydrogen-bond donors (Lipinski definition) is 1. The number of nitrogens with one attached hydrogen (secondary N) is 1. The van der Waals surface area contributed by atoms with E-state index in [1.165, 1.54) is 38.9 Å². The molecule has 2 rings (SSSR count). The van der Waals surface area contributed by atoms with Crippen LogP contribution >= 0.6 is 0 Å². The first-order chi connectivity index (χ1) is 8.78. The Labute approximate surface area is 111 Å². The first-order valence-electron chi connectivity index (χ1n) is 7.26. The van der Waals surface area contributed by atoms with Crippen LogP contribution in [0.5, 0.6) is 0 Å². The van der Waals surface area contributed by atoms with Gasteiger partial charge in [0.25, 0.3) is 0 Å². The third-order valence-electron chi connectivity index (χ3n) is 3.63. The SMILES string of the molecule is CCCN(Cc1ccc(C)o1)CC1CCCNC1. The molecule has 1 aromatic heterocycles. The van der Waals surface area contributed by atoms with Crippen LogP contribution in [0.2, 0.25) is 0 Å². The molecule has 3 nitrogen and oxygen atoms in total. The predicted octanol–water partition coefficient (Wildman–Crippen LogP) is 2.80. The molecular formula is C15H26N2O. The molecule has 2 heterocycles. The predicted molar refractivity (Wildman–Crippen MR) is 74.6 cm³/mol. The summed E-state index contributed by atoms with van der Waals surface area (Å²) in [5.41, 5.74) is 0. The van der Waals surface area contributed by atoms with E-state index in [9.17, 15) is 0 Å². The molecule has 1 N–H and O–H groups in total. The van der Waals surface area contributed by atoms with Gasteiger partial charge < -0.3 is 9.73 Å². The molecule has 0 radical (unpaired) electrons. The summed E-state index contributed by atoms with van der Waals surface area (Å²) in [6, 6.07) is 4.17. The van der Waals surface area contributed by atoms with Crippen LogP contribution in [0.4, 0.5) is 0 Å². The minimum absolute atomic E-state index is 0.807. The average Bonchev–Trinajstić information content (AvgIpc) is 2.76. The Morgan fingerprint density at radius 2 is 2.33 bits per heavy atom. The Bertz CT molecular complexity index is 342. The van der Waals surface area contributed by atoms with Crippen molar-refractivity contribution in [2.45, 2.75) is 39.7 Å². The molecule has 0 aromatic carbocycles. The van der Waals surface area contributed by atoms with E-state index >= 15 is 0 Å². The Hall–Kier alpha value is -0.800. The van der Waals surface area contributed by atoms with Gasteiger partial charge in [0.05, 0.1) is 6.54 Å². The van der Waals surface area contributed by atoms with E-state index in [0.717, 1.165) is 30.5 Å². The number of hydrogen-bond acceptors (Lipinski definition) is 3. The number of rotatable bonds is 6. The fourth-order valence-electron chi connectivity index (χ4n) is 2.79. The van der Waals surface area contributed by atoms with Gasteiger partial charge >= 0.3 is 0 Å². The first-order valence-corrected chi connectivity index (χ1v) is 7.26. The molecule has 1 unspecified atom stereocenters. The lowest BCUT2D eigenvalue weighted by Gasteiger charge is -2.29. The second kappa shape index (κ2) is 6.95. The van der Waals surface area contributed by atoms with E-state index in [2.05, 4.69) is 29.3 Å². The first kappa shape index (κ1) is 13.6. The molecule has 102 valence electrons. The molecule has 1 aliphatic rings. The molecule has 1 aromatic rings. The summed E-state index contributed by atoms with van der Waals surface area (Å²) in [6.07, 6.45) is 3.90. The second-order valence-electron chi connectivity index (χ2n) is 5.46. The molecule has 0 aliphatic carbocycles. The monoisotopic (exact) mass is 250 g/mol. The zero-order valence-corrected chi connectivity index (χ0v) is 11.7. The minimum Gasteiger partial charge on any atom is -0.465 e. The van der Waals surface area contributed by atoms with Crippen LogP contribution in [0, 0.1) is 12.8 Å². The van der Waals surface area contributed by atoms with Crippen molar-refractivity contribution in [3.8, 4) is 0 Å². The van der Waals surface area contributed by atoms with Crippen molar-refractivity contribution in [1.82, 2.24) is 10.2 Å². The van der Waals surface area contributed by atoms with Crippen LogP contribution in [0.1, 0.15) is 37.7 Å². The zero-order chi connectivity index (χ0) is 12.8. The number of piperidine rings is 1. The van der Waals surface area contributed by atoms with Crippen molar-refractivity contribution < 1.29 is 4.42 Å². The molecule has 1 aliphatic heterocycles. The van der Waals surface area contributed by atoms with Gasteiger partial charge in [-0.25, -0.2) is 0 Å². The standard InChI is InChI=1S/C15H26N2O/c1-3-9-17(11-14-5-4-8-16-10-14)12-15-7-6-13(2)18-15/h6-7,14,16H,3-5,8-12H2,1-2H3. The third kappa shape index (κ3) is 4.14. The number of aryl methyl sites for hydroxylation is 1. The quantitative estimate of drug-likeness (QED) is 0.841. The zero-order valence-electron chi connectivity index (χ0n) is 11.7. The minimum atomic E-state index is 0.807. The molecule has 1 fully saturated rings. The maximum absolute atomic E-state index is 5.69. The van der Waals surface area contributed by atoms with Gasteiger partial charge in [-0.1, -0.05) is 6.92 Å². The summed E-state index contributed by atoms with van der Waals surface area (Å²) >= 11 is 0. The van der Waals surface area contributed by atoms with E-state index in [-0.39, 0.29) is 0 Å². The van der Waals surface area contributed by atoms with Crippen molar-refractivity contribution >= 4 is 0 Å².